The lowest BCUT2D eigenvalue weighted by atomic mass is 9.91. The number of allylic oxidation sites excluding steroid dienone is 5. The lowest BCUT2D eigenvalue weighted by molar-refractivity contribution is 1.47. The Balaban J connectivity index is 2.59. The Morgan fingerprint density at radius 1 is 0.950 bits per heavy atom. The normalized spacial score (nSPS) is 12.3. The van der Waals surface area contributed by atoms with Crippen molar-refractivity contribution in [2.45, 2.75) is 13.8 Å². The van der Waals surface area contributed by atoms with Crippen molar-refractivity contribution in [1.82, 2.24) is 0 Å². The van der Waals surface area contributed by atoms with E-state index in [2.05, 4.69) is 81.1 Å². The monoisotopic (exact) mass is 260 g/mol. The molecule has 0 aromatic heterocycles. The zero-order chi connectivity index (χ0) is 14.4. The molecule has 0 heterocycles. The third-order valence-corrected chi connectivity index (χ3v) is 3.38. The summed E-state index contributed by atoms with van der Waals surface area (Å²) in [7, 11) is 0. The van der Waals surface area contributed by atoms with Gasteiger partial charge in [0.25, 0.3) is 0 Å². The van der Waals surface area contributed by atoms with Crippen LogP contribution in [0.4, 0.5) is 0 Å². The molecule has 2 aromatic carbocycles. The number of benzene rings is 2. The molecule has 2 rings (SSSR count). The average Bonchev–Trinajstić information content (AvgIpc) is 2.50. The molecule has 0 saturated heterocycles. The zero-order valence-corrected chi connectivity index (χ0v) is 12.1. The van der Waals surface area contributed by atoms with Gasteiger partial charge < -0.3 is 0 Å². The largest absolute Gasteiger partial charge is 0.0991 e. The molecule has 0 atom stereocenters. The van der Waals surface area contributed by atoms with Gasteiger partial charge in [-0.2, -0.15) is 0 Å². The number of rotatable bonds is 4. The molecule has 2 aromatic rings. The van der Waals surface area contributed by atoms with E-state index >= 15 is 0 Å². The van der Waals surface area contributed by atoms with Crippen LogP contribution in [-0.2, 0) is 0 Å². The minimum atomic E-state index is 1.23. The van der Waals surface area contributed by atoms with Crippen molar-refractivity contribution in [3.8, 4) is 11.1 Å². The van der Waals surface area contributed by atoms with Crippen LogP contribution in [0.15, 0.2) is 85.0 Å². The van der Waals surface area contributed by atoms with Crippen LogP contribution in [0, 0.1) is 0 Å². The van der Waals surface area contributed by atoms with E-state index in [4.69, 9.17) is 0 Å². The van der Waals surface area contributed by atoms with Gasteiger partial charge in [0.05, 0.1) is 0 Å². The first kappa shape index (κ1) is 14.1. The molecule has 0 fully saturated rings. The maximum Gasteiger partial charge on any atom is -0.0105 e. The summed E-state index contributed by atoms with van der Waals surface area (Å²) in [5.74, 6) is 0. The topological polar surface area (TPSA) is 0 Å². The predicted octanol–water partition coefficient (Wildman–Crippen LogP) is 5.89. The molecule has 100 valence electrons. The van der Waals surface area contributed by atoms with Crippen LogP contribution in [-0.4, -0.2) is 0 Å². The Kier molecular flexibility index (Phi) is 4.73. The van der Waals surface area contributed by atoms with E-state index in [0.717, 1.165) is 0 Å². The first-order valence-electron chi connectivity index (χ1n) is 6.88. The molecule has 0 amide bonds. The van der Waals surface area contributed by atoms with Crippen LogP contribution in [0.1, 0.15) is 19.4 Å². The molecule has 0 heteroatoms. The molecule has 0 radical (unpaired) electrons. The van der Waals surface area contributed by atoms with Crippen LogP contribution in [0.5, 0.6) is 0 Å². The maximum absolute atomic E-state index is 3.79. The smallest absolute Gasteiger partial charge is 0.0105 e. The molecule has 20 heavy (non-hydrogen) atoms. The Labute approximate surface area is 121 Å². The van der Waals surface area contributed by atoms with Crippen LogP contribution >= 0.6 is 0 Å². The fourth-order valence-electron chi connectivity index (χ4n) is 2.45. The van der Waals surface area contributed by atoms with Crippen LogP contribution in [0.25, 0.3) is 16.7 Å². The summed E-state index contributed by atoms with van der Waals surface area (Å²) < 4.78 is 0. The molecule has 0 aliphatic heterocycles. The SMILES string of the molecule is C=CC=C(C)C(=CC)c1ccccc1-c1ccccc1. The highest BCUT2D eigenvalue weighted by molar-refractivity contribution is 5.88. The van der Waals surface area contributed by atoms with Gasteiger partial charge in [0.1, 0.15) is 0 Å². The third-order valence-electron chi connectivity index (χ3n) is 3.38. The molecule has 0 N–H and O–H groups in total. The quantitative estimate of drug-likeness (QED) is 0.601. The van der Waals surface area contributed by atoms with Crippen molar-refractivity contribution in [3.63, 3.8) is 0 Å². The van der Waals surface area contributed by atoms with E-state index < -0.39 is 0 Å². The van der Waals surface area contributed by atoms with Crippen LogP contribution in [0.2, 0.25) is 0 Å². The van der Waals surface area contributed by atoms with E-state index in [0.29, 0.717) is 0 Å². The fourth-order valence-corrected chi connectivity index (χ4v) is 2.45. The molecule has 0 nitrogen and oxygen atoms in total. The van der Waals surface area contributed by atoms with Crippen LogP contribution < -0.4 is 0 Å². The summed E-state index contributed by atoms with van der Waals surface area (Å²) >= 11 is 0. The van der Waals surface area contributed by atoms with Gasteiger partial charge in [-0.25, -0.2) is 0 Å². The maximum atomic E-state index is 3.79. The van der Waals surface area contributed by atoms with Gasteiger partial charge in [0.15, 0.2) is 0 Å². The highest BCUT2D eigenvalue weighted by Gasteiger charge is 2.09. The van der Waals surface area contributed by atoms with Crippen molar-refractivity contribution < 1.29 is 0 Å². The Morgan fingerprint density at radius 3 is 2.25 bits per heavy atom. The van der Waals surface area contributed by atoms with Gasteiger partial charge in [0, 0.05) is 0 Å². The van der Waals surface area contributed by atoms with Crippen molar-refractivity contribution in [2.75, 3.05) is 0 Å². The molecular formula is C20H20. The second-order valence-electron chi connectivity index (χ2n) is 4.70. The Morgan fingerprint density at radius 2 is 1.60 bits per heavy atom. The second-order valence-corrected chi connectivity index (χ2v) is 4.70. The van der Waals surface area contributed by atoms with Crippen LogP contribution in [0.3, 0.4) is 0 Å². The van der Waals surface area contributed by atoms with E-state index in [-0.39, 0.29) is 0 Å². The first-order chi connectivity index (χ1) is 9.77. The second kappa shape index (κ2) is 6.72. The number of hydrogen-bond acceptors (Lipinski definition) is 0. The van der Waals surface area contributed by atoms with Gasteiger partial charge in [-0.05, 0) is 41.7 Å². The summed E-state index contributed by atoms with van der Waals surface area (Å²) in [5.41, 5.74) is 6.25. The fraction of sp³-hybridized carbons (Fsp3) is 0.100. The van der Waals surface area contributed by atoms with E-state index in [1.54, 1.807) is 0 Å². The highest BCUT2D eigenvalue weighted by atomic mass is 14.1. The predicted molar refractivity (Wildman–Crippen MR) is 89.5 cm³/mol. The lowest BCUT2D eigenvalue weighted by Gasteiger charge is -2.14. The molecule has 0 aliphatic rings. The van der Waals surface area contributed by atoms with Crippen molar-refractivity contribution in [2.24, 2.45) is 0 Å². The van der Waals surface area contributed by atoms with Gasteiger partial charge in [0.2, 0.25) is 0 Å². The van der Waals surface area contributed by atoms with Gasteiger partial charge in [-0.3, -0.25) is 0 Å². The van der Waals surface area contributed by atoms with Gasteiger partial charge in [-0.15, -0.1) is 0 Å². The molecule has 0 spiro atoms. The van der Waals surface area contributed by atoms with E-state index in [1.165, 1.54) is 27.8 Å². The van der Waals surface area contributed by atoms with Crippen molar-refractivity contribution in [3.05, 3.63) is 90.5 Å². The molecule has 0 bridgehead atoms. The third kappa shape index (κ3) is 2.97. The molecule has 0 unspecified atom stereocenters. The minimum absolute atomic E-state index is 1.23. The highest BCUT2D eigenvalue weighted by Crippen LogP contribution is 2.32. The molecular weight excluding hydrogens is 240 g/mol. The summed E-state index contributed by atoms with van der Waals surface area (Å²) in [5, 5.41) is 0. The number of hydrogen-bond donors (Lipinski definition) is 0. The summed E-state index contributed by atoms with van der Waals surface area (Å²) in [6.07, 6.45) is 6.05. The van der Waals surface area contributed by atoms with Gasteiger partial charge >= 0.3 is 0 Å². The molecule has 0 aliphatic carbocycles. The van der Waals surface area contributed by atoms with Gasteiger partial charge in [-0.1, -0.05) is 79.4 Å². The Bertz CT molecular complexity index is 643. The zero-order valence-electron chi connectivity index (χ0n) is 12.1. The van der Waals surface area contributed by atoms with Crippen molar-refractivity contribution >= 4 is 5.57 Å². The molecule has 0 saturated carbocycles. The Hall–Kier alpha value is -2.34. The van der Waals surface area contributed by atoms with E-state index in [1.807, 2.05) is 12.1 Å². The van der Waals surface area contributed by atoms with Crippen molar-refractivity contribution in [1.29, 1.82) is 0 Å². The summed E-state index contributed by atoms with van der Waals surface area (Å²) in [6.45, 7) is 7.99. The summed E-state index contributed by atoms with van der Waals surface area (Å²) in [4.78, 5) is 0. The first-order valence-corrected chi connectivity index (χ1v) is 6.88. The van der Waals surface area contributed by atoms with E-state index in [9.17, 15) is 0 Å². The standard InChI is InChI=1S/C20H20/c1-4-11-16(3)18(5-2)20-15-10-9-14-19(20)17-12-7-6-8-13-17/h4-15H,1H2,2-3H3. The average molecular weight is 260 g/mol. The lowest BCUT2D eigenvalue weighted by Crippen LogP contribution is -1.91. The summed E-state index contributed by atoms with van der Waals surface area (Å²) in [6, 6.07) is 19.0. The minimum Gasteiger partial charge on any atom is -0.0991 e.